The molecule has 0 nitrogen and oxygen atoms in total. The van der Waals surface area contributed by atoms with Crippen molar-refractivity contribution in [2.45, 2.75) is 51.4 Å². The summed E-state index contributed by atoms with van der Waals surface area (Å²) in [6.07, 6.45) is 6.21. The predicted octanol–water partition coefficient (Wildman–Crippen LogP) is 5.09. The maximum atomic E-state index is 2.46. The molecule has 0 saturated carbocycles. The Morgan fingerprint density at radius 3 is 2.45 bits per heavy atom. The van der Waals surface area contributed by atoms with Crippen LogP contribution in [0, 0.1) is 0 Å². The summed E-state index contributed by atoms with van der Waals surface area (Å²) in [5.74, 6) is 0. The average molecular weight is 264 g/mol. The van der Waals surface area contributed by atoms with Gasteiger partial charge in [-0.15, -0.1) is 0 Å². The Kier molecular flexibility index (Phi) is 3.65. The standard InChI is InChI=1S/C20H24/c1-20(2)14-6-9-18-15-17(12-13-19(18)20)11-10-16-7-4-3-5-8-16/h3-5,7-8,12-13,15H,6,9-11,14H2,1-2H3. The second-order valence-corrected chi connectivity index (χ2v) is 6.71. The Hall–Kier alpha value is -1.56. The van der Waals surface area contributed by atoms with Crippen LogP contribution in [0.4, 0.5) is 0 Å². The van der Waals surface area contributed by atoms with Crippen LogP contribution in [-0.4, -0.2) is 0 Å². The molecular formula is C20H24. The van der Waals surface area contributed by atoms with Crippen LogP contribution in [0.3, 0.4) is 0 Å². The van der Waals surface area contributed by atoms with Crippen molar-refractivity contribution in [2.75, 3.05) is 0 Å². The first-order chi connectivity index (χ1) is 9.65. The summed E-state index contributed by atoms with van der Waals surface area (Å²) in [5.41, 5.74) is 6.46. The summed E-state index contributed by atoms with van der Waals surface area (Å²) in [4.78, 5) is 0. The summed E-state index contributed by atoms with van der Waals surface area (Å²) in [7, 11) is 0. The smallest absolute Gasteiger partial charge is 0.0101 e. The lowest BCUT2D eigenvalue weighted by molar-refractivity contribution is 0.431. The Morgan fingerprint density at radius 1 is 0.900 bits per heavy atom. The number of hydrogen-bond acceptors (Lipinski definition) is 0. The normalized spacial score (nSPS) is 16.7. The molecule has 3 rings (SSSR count). The number of fused-ring (bicyclic) bond motifs is 1. The Balaban J connectivity index is 1.76. The second-order valence-electron chi connectivity index (χ2n) is 6.71. The molecule has 1 aliphatic carbocycles. The highest BCUT2D eigenvalue weighted by Crippen LogP contribution is 2.37. The van der Waals surface area contributed by atoms with Crippen LogP contribution >= 0.6 is 0 Å². The van der Waals surface area contributed by atoms with Crippen LogP contribution in [0.1, 0.15) is 48.9 Å². The van der Waals surface area contributed by atoms with E-state index in [2.05, 4.69) is 62.4 Å². The highest BCUT2D eigenvalue weighted by molar-refractivity contribution is 5.39. The van der Waals surface area contributed by atoms with Gasteiger partial charge < -0.3 is 0 Å². The highest BCUT2D eigenvalue weighted by Gasteiger charge is 2.26. The minimum absolute atomic E-state index is 0.367. The van der Waals surface area contributed by atoms with Gasteiger partial charge in [0.25, 0.3) is 0 Å². The van der Waals surface area contributed by atoms with Gasteiger partial charge in [-0.1, -0.05) is 62.4 Å². The van der Waals surface area contributed by atoms with Crippen LogP contribution in [0.2, 0.25) is 0 Å². The van der Waals surface area contributed by atoms with Gasteiger partial charge in [-0.2, -0.15) is 0 Å². The van der Waals surface area contributed by atoms with Crippen LogP contribution < -0.4 is 0 Å². The second kappa shape index (κ2) is 5.44. The third kappa shape index (κ3) is 2.80. The van der Waals surface area contributed by atoms with Gasteiger partial charge in [0.05, 0.1) is 0 Å². The molecule has 0 amide bonds. The SMILES string of the molecule is CC1(C)CCCc2cc(CCc3ccccc3)ccc21. The molecule has 0 spiro atoms. The first-order valence-electron chi connectivity index (χ1n) is 7.81. The van der Waals surface area contributed by atoms with Gasteiger partial charge in [0.15, 0.2) is 0 Å². The van der Waals surface area contributed by atoms with Crippen molar-refractivity contribution in [3.8, 4) is 0 Å². The van der Waals surface area contributed by atoms with E-state index in [1.165, 1.54) is 30.4 Å². The van der Waals surface area contributed by atoms with E-state index < -0.39 is 0 Å². The zero-order chi connectivity index (χ0) is 14.0. The van der Waals surface area contributed by atoms with Crippen molar-refractivity contribution in [3.63, 3.8) is 0 Å². The van der Waals surface area contributed by atoms with Gasteiger partial charge in [0.2, 0.25) is 0 Å². The molecule has 1 aliphatic rings. The molecule has 0 N–H and O–H groups in total. The lowest BCUT2D eigenvalue weighted by Gasteiger charge is -2.32. The highest BCUT2D eigenvalue weighted by atomic mass is 14.3. The molecule has 0 aromatic heterocycles. The van der Waals surface area contributed by atoms with E-state index in [1.807, 2.05) is 0 Å². The Labute approximate surface area is 122 Å². The fourth-order valence-electron chi connectivity index (χ4n) is 3.46. The number of hydrogen-bond donors (Lipinski definition) is 0. The van der Waals surface area contributed by atoms with Gasteiger partial charge in [-0.05, 0) is 59.8 Å². The number of rotatable bonds is 3. The minimum Gasteiger partial charge on any atom is -0.0622 e. The first kappa shape index (κ1) is 13.4. The van der Waals surface area contributed by atoms with Crippen molar-refractivity contribution in [2.24, 2.45) is 0 Å². The van der Waals surface area contributed by atoms with Crippen molar-refractivity contribution in [1.29, 1.82) is 0 Å². The number of benzene rings is 2. The van der Waals surface area contributed by atoms with E-state index >= 15 is 0 Å². The maximum Gasteiger partial charge on any atom is -0.0101 e. The largest absolute Gasteiger partial charge is 0.0622 e. The van der Waals surface area contributed by atoms with Crippen molar-refractivity contribution >= 4 is 0 Å². The lowest BCUT2D eigenvalue weighted by atomic mass is 9.72. The van der Waals surface area contributed by atoms with Gasteiger partial charge in [0, 0.05) is 0 Å². The summed E-state index contributed by atoms with van der Waals surface area (Å²) in [6.45, 7) is 4.77. The molecule has 20 heavy (non-hydrogen) atoms. The summed E-state index contributed by atoms with van der Waals surface area (Å²) in [6, 6.07) is 18.0. The van der Waals surface area contributed by atoms with Crippen molar-refractivity contribution in [1.82, 2.24) is 0 Å². The van der Waals surface area contributed by atoms with Gasteiger partial charge in [-0.3, -0.25) is 0 Å². The molecule has 0 radical (unpaired) electrons. The zero-order valence-electron chi connectivity index (χ0n) is 12.7. The molecule has 0 aliphatic heterocycles. The van der Waals surface area contributed by atoms with Gasteiger partial charge in [0.1, 0.15) is 0 Å². The molecule has 0 heterocycles. The molecule has 2 aromatic carbocycles. The van der Waals surface area contributed by atoms with Crippen LogP contribution in [0.5, 0.6) is 0 Å². The van der Waals surface area contributed by atoms with Gasteiger partial charge >= 0.3 is 0 Å². The molecule has 0 atom stereocenters. The van der Waals surface area contributed by atoms with Crippen molar-refractivity contribution in [3.05, 3.63) is 70.8 Å². The number of aryl methyl sites for hydroxylation is 3. The quantitative estimate of drug-likeness (QED) is 0.724. The Bertz CT molecular complexity index is 578. The molecule has 0 fully saturated rings. The van der Waals surface area contributed by atoms with E-state index in [-0.39, 0.29) is 0 Å². The van der Waals surface area contributed by atoms with Crippen molar-refractivity contribution < 1.29 is 0 Å². The molecule has 0 unspecified atom stereocenters. The van der Waals surface area contributed by atoms with Crippen LogP contribution in [-0.2, 0) is 24.7 Å². The van der Waals surface area contributed by atoms with Gasteiger partial charge in [-0.25, -0.2) is 0 Å². The molecular weight excluding hydrogens is 240 g/mol. The summed E-state index contributed by atoms with van der Waals surface area (Å²) >= 11 is 0. The lowest BCUT2D eigenvalue weighted by Crippen LogP contribution is -2.23. The van der Waals surface area contributed by atoms with E-state index in [0.29, 0.717) is 5.41 Å². The first-order valence-corrected chi connectivity index (χ1v) is 7.81. The maximum absolute atomic E-state index is 2.46. The van der Waals surface area contributed by atoms with E-state index in [9.17, 15) is 0 Å². The summed E-state index contributed by atoms with van der Waals surface area (Å²) < 4.78 is 0. The fraction of sp³-hybridized carbons (Fsp3) is 0.400. The zero-order valence-corrected chi connectivity index (χ0v) is 12.7. The third-order valence-electron chi connectivity index (χ3n) is 4.69. The molecule has 2 aromatic rings. The Morgan fingerprint density at radius 2 is 1.65 bits per heavy atom. The van der Waals surface area contributed by atoms with E-state index in [1.54, 1.807) is 11.1 Å². The van der Waals surface area contributed by atoms with E-state index in [0.717, 1.165) is 12.8 Å². The van der Waals surface area contributed by atoms with Crippen LogP contribution in [0.25, 0.3) is 0 Å². The topological polar surface area (TPSA) is 0 Å². The van der Waals surface area contributed by atoms with Crippen LogP contribution in [0.15, 0.2) is 48.5 Å². The molecule has 0 saturated heterocycles. The van der Waals surface area contributed by atoms with E-state index in [4.69, 9.17) is 0 Å². The average Bonchev–Trinajstić information content (AvgIpc) is 2.46. The third-order valence-corrected chi connectivity index (χ3v) is 4.69. The minimum atomic E-state index is 0.367. The predicted molar refractivity (Wildman–Crippen MR) is 86.3 cm³/mol. The monoisotopic (exact) mass is 264 g/mol. The molecule has 104 valence electrons. The molecule has 0 bridgehead atoms. The fourth-order valence-corrected chi connectivity index (χ4v) is 3.46. The summed E-state index contributed by atoms with van der Waals surface area (Å²) in [5, 5.41) is 0. The molecule has 0 heteroatoms.